The quantitative estimate of drug-likeness (QED) is 0.362. The first-order valence-electron chi connectivity index (χ1n) is 12.1. The molecule has 0 saturated heterocycles. The van der Waals surface area contributed by atoms with Crippen LogP contribution in [0, 0.1) is 46.8 Å². The lowest BCUT2D eigenvalue weighted by Gasteiger charge is -2.56. The van der Waals surface area contributed by atoms with Gasteiger partial charge in [-0.2, -0.15) is 0 Å². The van der Waals surface area contributed by atoms with Crippen LogP contribution in [0.2, 0.25) is 0 Å². The number of fused-ring (bicyclic) bond motifs is 5. The van der Waals surface area contributed by atoms with Gasteiger partial charge in [0.2, 0.25) is 0 Å². The van der Waals surface area contributed by atoms with Gasteiger partial charge in [0, 0.05) is 13.1 Å². The van der Waals surface area contributed by atoms with Crippen LogP contribution in [0.1, 0.15) is 85.0 Å². The summed E-state index contributed by atoms with van der Waals surface area (Å²) < 4.78 is 0. The van der Waals surface area contributed by atoms with E-state index in [2.05, 4.69) is 27.4 Å². The molecule has 0 spiro atoms. The Bertz CT molecular complexity index is 542. The summed E-state index contributed by atoms with van der Waals surface area (Å²) in [6.07, 6.45) is 14.5. The number of hydrogen-bond acceptors (Lipinski definition) is 2. The molecule has 0 aromatic carbocycles. The van der Waals surface area contributed by atoms with E-state index in [1.165, 1.54) is 63.4 Å². The lowest BCUT2D eigenvalue weighted by molar-refractivity contribution is -0.0637. The molecule has 2 N–H and O–H groups in total. The van der Waals surface area contributed by atoms with E-state index in [1.54, 1.807) is 0 Å². The van der Waals surface area contributed by atoms with Crippen LogP contribution in [-0.2, 0) is 0 Å². The van der Waals surface area contributed by atoms with Crippen molar-refractivity contribution < 1.29 is 0 Å². The van der Waals surface area contributed by atoms with Gasteiger partial charge >= 0.3 is 0 Å². The SMILES string of the molecule is C=C(CN(N)CCC)C1CCC2C3CCC4C[C@@H](C)CCC4C3CCC12C. The van der Waals surface area contributed by atoms with Crippen molar-refractivity contribution in [2.24, 2.45) is 52.7 Å². The van der Waals surface area contributed by atoms with Gasteiger partial charge in [0.25, 0.3) is 0 Å². The second-order valence-corrected chi connectivity index (χ2v) is 11.2. The van der Waals surface area contributed by atoms with Crippen LogP contribution >= 0.6 is 0 Å². The average molecular weight is 373 g/mol. The van der Waals surface area contributed by atoms with E-state index in [9.17, 15) is 0 Å². The monoisotopic (exact) mass is 372 g/mol. The highest BCUT2D eigenvalue weighted by molar-refractivity contribution is 5.16. The highest BCUT2D eigenvalue weighted by Gasteiger charge is 2.57. The molecular weight excluding hydrogens is 328 g/mol. The molecule has 154 valence electrons. The van der Waals surface area contributed by atoms with Crippen molar-refractivity contribution in [3.05, 3.63) is 12.2 Å². The van der Waals surface area contributed by atoms with Crippen molar-refractivity contribution in [1.82, 2.24) is 5.01 Å². The van der Waals surface area contributed by atoms with E-state index in [0.29, 0.717) is 11.3 Å². The normalized spacial score (nSPS) is 46.6. The predicted octanol–water partition coefficient (Wildman–Crippen LogP) is 6.03. The van der Waals surface area contributed by atoms with E-state index in [0.717, 1.165) is 55.0 Å². The summed E-state index contributed by atoms with van der Waals surface area (Å²) >= 11 is 0. The van der Waals surface area contributed by atoms with Crippen LogP contribution in [0.4, 0.5) is 0 Å². The Hall–Kier alpha value is -0.340. The minimum absolute atomic E-state index is 0.500. The van der Waals surface area contributed by atoms with E-state index in [-0.39, 0.29) is 0 Å². The molecule has 0 aromatic rings. The molecule has 0 radical (unpaired) electrons. The molecule has 0 aliphatic heterocycles. The van der Waals surface area contributed by atoms with Crippen molar-refractivity contribution >= 4 is 0 Å². The predicted molar refractivity (Wildman–Crippen MR) is 115 cm³/mol. The van der Waals surface area contributed by atoms with Gasteiger partial charge in [0.05, 0.1) is 0 Å². The molecule has 4 aliphatic carbocycles. The maximum atomic E-state index is 6.23. The zero-order valence-electron chi connectivity index (χ0n) is 18.3. The third-order valence-electron chi connectivity index (χ3n) is 9.63. The van der Waals surface area contributed by atoms with Gasteiger partial charge in [-0.05, 0) is 105 Å². The molecule has 0 bridgehead atoms. The number of nitrogens with two attached hydrogens (primary N) is 1. The highest BCUT2D eigenvalue weighted by atomic mass is 15.4. The summed E-state index contributed by atoms with van der Waals surface area (Å²) in [6.45, 7) is 13.8. The molecule has 27 heavy (non-hydrogen) atoms. The minimum atomic E-state index is 0.500. The maximum Gasteiger partial charge on any atom is 0.0339 e. The largest absolute Gasteiger partial charge is 0.268 e. The standard InChI is InChI=1S/C25H44N2/c1-5-14-27(26)16-18(3)23-10-11-24-22-9-7-19-15-17(2)6-8-20(19)21(22)12-13-25(23,24)4/h17,19-24H,3,5-16,26H2,1-2,4H3/t17-,19?,20?,21?,22?,23?,24?,25?/m0/s1. The third-order valence-corrected chi connectivity index (χ3v) is 9.63. The number of hydrogen-bond donors (Lipinski definition) is 1. The lowest BCUT2D eigenvalue weighted by Crippen LogP contribution is -2.49. The van der Waals surface area contributed by atoms with Gasteiger partial charge in [-0.25, -0.2) is 5.01 Å². The van der Waals surface area contributed by atoms with Crippen LogP contribution in [-0.4, -0.2) is 18.1 Å². The molecule has 4 saturated carbocycles. The smallest absolute Gasteiger partial charge is 0.0339 e. The molecular formula is C25H44N2. The number of rotatable bonds is 5. The summed E-state index contributed by atoms with van der Waals surface area (Å²) in [5.74, 6) is 13.1. The van der Waals surface area contributed by atoms with Gasteiger partial charge in [-0.3, -0.25) is 5.84 Å². The van der Waals surface area contributed by atoms with Gasteiger partial charge in [-0.1, -0.05) is 39.3 Å². The second-order valence-electron chi connectivity index (χ2n) is 11.2. The van der Waals surface area contributed by atoms with Gasteiger partial charge in [0.15, 0.2) is 0 Å². The Balaban J connectivity index is 1.46. The third kappa shape index (κ3) is 3.54. The summed E-state index contributed by atoms with van der Waals surface area (Å²) in [5.41, 5.74) is 1.93. The van der Waals surface area contributed by atoms with Crippen LogP contribution in [0.15, 0.2) is 12.2 Å². The average Bonchev–Trinajstić information content (AvgIpc) is 2.98. The first kappa shape index (κ1) is 20.0. The summed E-state index contributed by atoms with van der Waals surface area (Å²) in [7, 11) is 0. The van der Waals surface area contributed by atoms with Gasteiger partial charge < -0.3 is 0 Å². The zero-order valence-corrected chi connectivity index (χ0v) is 18.3. The van der Waals surface area contributed by atoms with E-state index >= 15 is 0 Å². The van der Waals surface area contributed by atoms with Crippen molar-refractivity contribution in [2.45, 2.75) is 85.0 Å². The van der Waals surface area contributed by atoms with Gasteiger partial charge in [0.1, 0.15) is 0 Å². The molecule has 4 fully saturated rings. The fraction of sp³-hybridized carbons (Fsp3) is 0.920. The maximum absolute atomic E-state index is 6.23. The topological polar surface area (TPSA) is 29.3 Å². The van der Waals surface area contributed by atoms with Crippen LogP contribution in [0.25, 0.3) is 0 Å². The van der Waals surface area contributed by atoms with Crippen molar-refractivity contribution in [3.8, 4) is 0 Å². The Morgan fingerprint density at radius 3 is 2.59 bits per heavy atom. The molecule has 2 nitrogen and oxygen atoms in total. The van der Waals surface area contributed by atoms with Crippen molar-refractivity contribution in [2.75, 3.05) is 13.1 Å². The molecule has 2 heteroatoms. The van der Waals surface area contributed by atoms with E-state index in [4.69, 9.17) is 5.84 Å². The van der Waals surface area contributed by atoms with Crippen molar-refractivity contribution in [3.63, 3.8) is 0 Å². The minimum Gasteiger partial charge on any atom is -0.268 e. The number of hydrazine groups is 1. The zero-order chi connectivity index (χ0) is 19.2. The summed E-state index contributed by atoms with van der Waals surface area (Å²) in [4.78, 5) is 0. The molecule has 8 atom stereocenters. The fourth-order valence-electron chi connectivity index (χ4n) is 8.50. The molecule has 4 aliphatic rings. The Morgan fingerprint density at radius 1 is 1.04 bits per heavy atom. The Kier molecular flexibility index (Phi) is 5.78. The number of nitrogens with zero attached hydrogens (tertiary/aromatic N) is 1. The second kappa shape index (κ2) is 7.82. The molecule has 4 rings (SSSR count). The first-order valence-corrected chi connectivity index (χ1v) is 12.1. The lowest BCUT2D eigenvalue weighted by atomic mass is 9.49. The van der Waals surface area contributed by atoms with Crippen LogP contribution in [0.5, 0.6) is 0 Å². The summed E-state index contributed by atoms with van der Waals surface area (Å²) in [6, 6.07) is 0. The van der Waals surface area contributed by atoms with Gasteiger partial charge in [-0.15, -0.1) is 0 Å². The Morgan fingerprint density at radius 2 is 1.81 bits per heavy atom. The molecule has 7 unspecified atom stereocenters. The molecule has 0 amide bonds. The summed E-state index contributed by atoms with van der Waals surface area (Å²) in [5, 5.41) is 2.00. The van der Waals surface area contributed by atoms with Crippen molar-refractivity contribution in [1.29, 1.82) is 0 Å². The van der Waals surface area contributed by atoms with Crippen LogP contribution < -0.4 is 5.84 Å². The van der Waals surface area contributed by atoms with E-state index in [1.807, 2.05) is 5.01 Å². The molecule has 0 heterocycles. The van der Waals surface area contributed by atoms with E-state index < -0.39 is 0 Å². The Labute approximate surface area is 168 Å². The highest BCUT2D eigenvalue weighted by Crippen LogP contribution is 2.65. The van der Waals surface area contributed by atoms with Crippen LogP contribution in [0.3, 0.4) is 0 Å². The molecule has 0 aromatic heterocycles. The first-order chi connectivity index (χ1) is 12.9. The fourth-order valence-corrected chi connectivity index (χ4v) is 8.50.